The first-order valence-electron chi connectivity index (χ1n) is 6.19. The number of rotatable bonds is 5. The van der Waals surface area contributed by atoms with Gasteiger partial charge in [-0.1, -0.05) is 0 Å². The van der Waals surface area contributed by atoms with E-state index in [2.05, 4.69) is 10.3 Å². The molecule has 0 saturated heterocycles. The minimum Gasteiger partial charge on any atom is -0.385 e. The van der Waals surface area contributed by atoms with Crippen molar-refractivity contribution in [2.75, 3.05) is 11.9 Å². The molecule has 0 bridgehead atoms. The third kappa shape index (κ3) is 2.61. The van der Waals surface area contributed by atoms with Crippen molar-refractivity contribution in [1.29, 1.82) is 0 Å². The molecule has 1 N–H and O–H groups in total. The van der Waals surface area contributed by atoms with E-state index in [4.69, 9.17) is 0 Å². The predicted octanol–water partition coefficient (Wildman–Crippen LogP) is 1.54. The standard InChI is InChI=1S/C13H18N4O/c1-3-14-11-5-6-15-12(9-11)10-17-8-7-16(4-2)13(17)18/h5-9H,3-4,10H2,1-2H3,(H,14,15). The molecule has 0 amide bonds. The van der Waals surface area contributed by atoms with Gasteiger partial charge in [-0.3, -0.25) is 14.1 Å². The third-order valence-corrected chi connectivity index (χ3v) is 2.79. The van der Waals surface area contributed by atoms with Gasteiger partial charge in [-0.25, -0.2) is 4.79 Å². The number of aromatic nitrogens is 3. The molecule has 2 heterocycles. The summed E-state index contributed by atoms with van der Waals surface area (Å²) in [4.78, 5) is 16.2. The van der Waals surface area contributed by atoms with E-state index in [1.165, 1.54) is 0 Å². The molecule has 0 saturated carbocycles. The third-order valence-electron chi connectivity index (χ3n) is 2.79. The predicted molar refractivity (Wildman–Crippen MR) is 71.9 cm³/mol. The van der Waals surface area contributed by atoms with Gasteiger partial charge in [0, 0.05) is 37.4 Å². The van der Waals surface area contributed by atoms with Gasteiger partial charge in [0.05, 0.1) is 12.2 Å². The summed E-state index contributed by atoms with van der Waals surface area (Å²) in [6, 6.07) is 3.90. The van der Waals surface area contributed by atoms with Crippen molar-refractivity contribution in [3.05, 3.63) is 46.9 Å². The smallest absolute Gasteiger partial charge is 0.328 e. The highest BCUT2D eigenvalue weighted by Crippen LogP contribution is 2.08. The molecule has 2 aromatic heterocycles. The van der Waals surface area contributed by atoms with Crippen molar-refractivity contribution in [2.45, 2.75) is 26.9 Å². The Hall–Kier alpha value is -2.04. The molecule has 0 atom stereocenters. The van der Waals surface area contributed by atoms with Crippen LogP contribution < -0.4 is 11.0 Å². The van der Waals surface area contributed by atoms with Crippen LogP contribution in [0.3, 0.4) is 0 Å². The van der Waals surface area contributed by atoms with Gasteiger partial charge in [-0.15, -0.1) is 0 Å². The molecule has 0 aliphatic carbocycles. The highest BCUT2D eigenvalue weighted by atomic mass is 16.1. The van der Waals surface area contributed by atoms with Crippen molar-refractivity contribution < 1.29 is 0 Å². The average Bonchev–Trinajstić information content (AvgIpc) is 2.71. The summed E-state index contributed by atoms with van der Waals surface area (Å²) in [6.45, 7) is 6.07. The van der Waals surface area contributed by atoms with Crippen LogP contribution in [-0.4, -0.2) is 20.7 Å². The van der Waals surface area contributed by atoms with Crippen LogP contribution in [0.4, 0.5) is 5.69 Å². The highest BCUT2D eigenvalue weighted by molar-refractivity contribution is 5.42. The summed E-state index contributed by atoms with van der Waals surface area (Å²) < 4.78 is 3.34. The monoisotopic (exact) mass is 246 g/mol. The molecular weight excluding hydrogens is 228 g/mol. The van der Waals surface area contributed by atoms with Crippen LogP contribution in [0.5, 0.6) is 0 Å². The lowest BCUT2D eigenvalue weighted by Crippen LogP contribution is -2.24. The topological polar surface area (TPSA) is 51.9 Å². The Bertz CT molecular complexity index is 570. The van der Waals surface area contributed by atoms with Crippen molar-refractivity contribution in [3.8, 4) is 0 Å². The first-order chi connectivity index (χ1) is 8.74. The van der Waals surface area contributed by atoms with Crippen LogP contribution in [0, 0.1) is 0 Å². The number of aryl methyl sites for hydroxylation is 1. The largest absolute Gasteiger partial charge is 0.385 e. The zero-order valence-electron chi connectivity index (χ0n) is 10.8. The quantitative estimate of drug-likeness (QED) is 0.870. The fraction of sp³-hybridized carbons (Fsp3) is 0.385. The van der Waals surface area contributed by atoms with Crippen LogP contribution in [0.15, 0.2) is 35.5 Å². The molecule has 5 heteroatoms. The molecule has 96 valence electrons. The van der Waals surface area contributed by atoms with Crippen LogP contribution >= 0.6 is 0 Å². The minimum absolute atomic E-state index is 0.00755. The van der Waals surface area contributed by atoms with Crippen LogP contribution in [0.2, 0.25) is 0 Å². The highest BCUT2D eigenvalue weighted by Gasteiger charge is 2.03. The maximum Gasteiger partial charge on any atom is 0.328 e. The molecule has 2 aromatic rings. The van der Waals surface area contributed by atoms with E-state index in [-0.39, 0.29) is 5.69 Å². The van der Waals surface area contributed by atoms with Gasteiger partial charge in [0.2, 0.25) is 0 Å². The van der Waals surface area contributed by atoms with E-state index in [0.29, 0.717) is 13.1 Å². The number of anilines is 1. The number of pyridine rings is 1. The maximum atomic E-state index is 11.9. The zero-order chi connectivity index (χ0) is 13.0. The van der Waals surface area contributed by atoms with Crippen LogP contribution in [0.25, 0.3) is 0 Å². The molecule has 0 unspecified atom stereocenters. The summed E-state index contributed by atoms with van der Waals surface area (Å²) in [6.07, 6.45) is 5.36. The number of nitrogens with zero attached hydrogens (tertiary/aromatic N) is 3. The summed E-state index contributed by atoms with van der Waals surface area (Å²) in [5.74, 6) is 0. The van der Waals surface area contributed by atoms with E-state index in [1.807, 2.05) is 26.0 Å². The Morgan fingerprint density at radius 2 is 2.06 bits per heavy atom. The molecule has 0 aliphatic heterocycles. The van der Waals surface area contributed by atoms with Crippen molar-refractivity contribution in [3.63, 3.8) is 0 Å². The van der Waals surface area contributed by atoms with E-state index >= 15 is 0 Å². The fourth-order valence-corrected chi connectivity index (χ4v) is 1.87. The molecule has 5 nitrogen and oxygen atoms in total. The molecular formula is C13H18N4O. The Morgan fingerprint density at radius 3 is 2.72 bits per heavy atom. The molecule has 18 heavy (non-hydrogen) atoms. The summed E-state index contributed by atoms with van der Waals surface area (Å²) in [5.41, 5.74) is 1.92. The van der Waals surface area contributed by atoms with Crippen LogP contribution in [-0.2, 0) is 13.1 Å². The first-order valence-corrected chi connectivity index (χ1v) is 6.19. The summed E-state index contributed by atoms with van der Waals surface area (Å²) in [7, 11) is 0. The van der Waals surface area contributed by atoms with Gasteiger partial charge < -0.3 is 5.32 Å². The average molecular weight is 246 g/mol. The second-order valence-electron chi connectivity index (χ2n) is 4.06. The first kappa shape index (κ1) is 12.4. The number of hydrogen-bond acceptors (Lipinski definition) is 3. The zero-order valence-corrected chi connectivity index (χ0v) is 10.8. The van der Waals surface area contributed by atoms with Gasteiger partial charge in [-0.2, -0.15) is 0 Å². The van der Waals surface area contributed by atoms with E-state index in [9.17, 15) is 4.79 Å². The molecule has 0 radical (unpaired) electrons. The summed E-state index contributed by atoms with van der Waals surface area (Å²) in [5, 5.41) is 3.23. The van der Waals surface area contributed by atoms with Crippen molar-refractivity contribution in [2.24, 2.45) is 0 Å². The summed E-state index contributed by atoms with van der Waals surface area (Å²) >= 11 is 0. The Labute approximate surface area is 106 Å². The van der Waals surface area contributed by atoms with Gasteiger partial charge in [0.25, 0.3) is 0 Å². The van der Waals surface area contributed by atoms with Gasteiger partial charge in [0.15, 0.2) is 0 Å². The molecule has 2 rings (SSSR count). The Kier molecular flexibility index (Phi) is 3.82. The molecule has 0 spiro atoms. The lowest BCUT2D eigenvalue weighted by molar-refractivity contribution is 0.662. The van der Waals surface area contributed by atoms with Gasteiger partial charge in [0.1, 0.15) is 0 Å². The number of nitrogens with one attached hydrogen (secondary N) is 1. The van der Waals surface area contributed by atoms with Gasteiger partial charge in [-0.05, 0) is 26.0 Å². The number of hydrogen-bond donors (Lipinski definition) is 1. The second kappa shape index (κ2) is 5.53. The number of imidazole rings is 1. The van der Waals surface area contributed by atoms with Gasteiger partial charge >= 0.3 is 5.69 Å². The van der Waals surface area contributed by atoms with E-state index in [1.54, 1.807) is 27.7 Å². The maximum absolute atomic E-state index is 11.9. The Morgan fingerprint density at radius 1 is 1.28 bits per heavy atom. The fourth-order valence-electron chi connectivity index (χ4n) is 1.87. The Balaban J connectivity index is 2.20. The molecule has 0 aromatic carbocycles. The lowest BCUT2D eigenvalue weighted by Gasteiger charge is -2.05. The normalized spacial score (nSPS) is 10.6. The minimum atomic E-state index is 0.00755. The van der Waals surface area contributed by atoms with Crippen LogP contribution in [0.1, 0.15) is 19.5 Å². The molecule has 0 fully saturated rings. The lowest BCUT2D eigenvalue weighted by atomic mass is 10.3. The van der Waals surface area contributed by atoms with E-state index in [0.717, 1.165) is 17.9 Å². The molecule has 0 aliphatic rings. The van der Waals surface area contributed by atoms with E-state index < -0.39 is 0 Å². The van der Waals surface area contributed by atoms with Crippen molar-refractivity contribution in [1.82, 2.24) is 14.1 Å². The van der Waals surface area contributed by atoms with Crippen molar-refractivity contribution >= 4 is 5.69 Å². The second-order valence-corrected chi connectivity index (χ2v) is 4.06. The SMILES string of the molecule is CCNc1ccnc(Cn2ccn(CC)c2=O)c1.